The van der Waals surface area contributed by atoms with Gasteiger partial charge in [-0.05, 0) is 23.9 Å². The molecule has 0 atom stereocenters. The summed E-state index contributed by atoms with van der Waals surface area (Å²) in [6, 6.07) is 1.73. The van der Waals surface area contributed by atoms with Gasteiger partial charge in [0.1, 0.15) is 0 Å². The highest BCUT2D eigenvalue weighted by molar-refractivity contribution is 7.12. The Morgan fingerprint density at radius 3 is 2.57 bits per heavy atom. The summed E-state index contributed by atoms with van der Waals surface area (Å²) in [4.78, 5) is 11.7. The fraction of sp³-hybridized carbons (Fsp3) is 0.444. The van der Waals surface area contributed by atoms with Gasteiger partial charge in [-0.3, -0.25) is 4.79 Å². The van der Waals surface area contributed by atoms with E-state index in [1.807, 2.05) is 0 Å². The number of Topliss-reactive ketones (excluding diaryl/α,β-unsaturated/α-hetero) is 1. The van der Waals surface area contributed by atoms with E-state index in [0.717, 1.165) is 5.56 Å². The summed E-state index contributed by atoms with van der Waals surface area (Å²) in [6.45, 7) is 1.72. The highest BCUT2D eigenvalue weighted by Crippen LogP contribution is 2.24. The minimum absolute atomic E-state index is 0.421. The van der Waals surface area contributed by atoms with Crippen molar-refractivity contribution in [1.82, 2.24) is 0 Å². The molecule has 1 heterocycles. The van der Waals surface area contributed by atoms with Crippen LogP contribution in [0.4, 0.5) is 13.2 Å². The van der Waals surface area contributed by atoms with E-state index >= 15 is 0 Å². The Kier molecular flexibility index (Phi) is 3.31. The van der Waals surface area contributed by atoms with Crippen LogP contribution < -0.4 is 0 Å². The first-order valence-electron chi connectivity index (χ1n) is 4.04. The number of carbonyl (C=O) groups is 1. The zero-order chi connectivity index (χ0) is 10.8. The molecule has 1 rings (SSSR count). The van der Waals surface area contributed by atoms with E-state index in [4.69, 9.17) is 0 Å². The van der Waals surface area contributed by atoms with Crippen molar-refractivity contribution < 1.29 is 18.0 Å². The van der Waals surface area contributed by atoms with Gasteiger partial charge in [-0.15, -0.1) is 11.3 Å². The number of ketones is 1. The molecule has 0 spiro atoms. The molecule has 1 aromatic heterocycles. The first-order chi connectivity index (χ1) is 6.40. The maximum Gasteiger partial charge on any atom is 0.389 e. The summed E-state index contributed by atoms with van der Waals surface area (Å²) in [5, 5.41) is 1.70. The lowest BCUT2D eigenvalue weighted by molar-refractivity contribution is -0.133. The van der Waals surface area contributed by atoms with Gasteiger partial charge in [0.15, 0.2) is 5.78 Å². The maximum atomic E-state index is 11.8. The third-order valence-corrected chi connectivity index (χ3v) is 2.81. The Labute approximate surface area is 83.6 Å². The van der Waals surface area contributed by atoms with Gasteiger partial charge in [0, 0.05) is 6.42 Å². The van der Waals surface area contributed by atoms with Crippen LogP contribution in [0.3, 0.4) is 0 Å². The predicted octanol–water partition coefficient (Wildman–Crippen LogP) is 3.58. The number of hydrogen-bond acceptors (Lipinski definition) is 2. The predicted molar refractivity (Wildman–Crippen MR) is 48.7 cm³/mol. The highest BCUT2D eigenvalue weighted by atomic mass is 32.1. The lowest BCUT2D eigenvalue weighted by Gasteiger charge is -2.04. The lowest BCUT2D eigenvalue weighted by atomic mass is 10.1. The molecule has 0 amide bonds. The quantitative estimate of drug-likeness (QED) is 0.714. The van der Waals surface area contributed by atoms with Crippen molar-refractivity contribution in [2.75, 3.05) is 0 Å². The van der Waals surface area contributed by atoms with E-state index in [-0.39, 0.29) is 0 Å². The van der Waals surface area contributed by atoms with Crippen molar-refractivity contribution in [1.29, 1.82) is 0 Å². The van der Waals surface area contributed by atoms with Crippen LogP contribution >= 0.6 is 11.3 Å². The number of rotatable bonds is 3. The molecule has 0 saturated carbocycles. The standard InChI is InChI=1S/C9H9F3OS/c1-6-3-5-14-8(6)7(13)2-4-9(10,11)12/h3,5H,2,4H2,1H3. The van der Waals surface area contributed by atoms with E-state index in [1.165, 1.54) is 11.3 Å². The number of halogens is 3. The molecular weight excluding hydrogens is 213 g/mol. The summed E-state index contributed by atoms with van der Waals surface area (Å²) >= 11 is 1.19. The van der Waals surface area contributed by atoms with Crippen LogP contribution in [0.5, 0.6) is 0 Å². The monoisotopic (exact) mass is 222 g/mol. The Morgan fingerprint density at radius 2 is 2.14 bits per heavy atom. The average molecular weight is 222 g/mol. The molecule has 1 aromatic rings. The first kappa shape index (κ1) is 11.2. The Morgan fingerprint density at radius 1 is 1.50 bits per heavy atom. The molecule has 78 valence electrons. The van der Waals surface area contributed by atoms with Crippen LogP contribution in [0.2, 0.25) is 0 Å². The smallest absolute Gasteiger partial charge is 0.293 e. The van der Waals surface area contributed by atoms with Gasteiger partial charge < -0.3 is 0 Å². The van der Waals surface area contributed by atoms with E-state index in [2.05, 4.69) is 0 Å². The molecule has 0 aliphatic heterocycles. The number of hydrogen-bond donors (Lipinski definition) is 0. The third kappa shape index (κ3) is 3.14. The van der Waals surface area contributed by atoms with Gasteiger partial charge in [-0.2, -0.15) is 13.2 Å². The highest BCUT2D eigenvalue weighted by Gasteiger charge is 2.28. The topological polar surface area (TPSA) is 17.1 Å². The molecule has 0 aromatic carbocycles. The van der Waals surface area contributed by atoms with Gasteiger partial charge in [-0.25, -0.2) is 0 Å². The van der Waals surface area contributed by atoms with Crippen molar-refractivity contribution in [3.63, 3.8) is 0 Å². The Hall–Kier alpha value is -0.840. The van der Waals surface area contributed by atoms with Gasteiger partial charge in [0.05, 0.1) is 11.3 Å². The van der Waals surface area contributed by atoms with Crippen molar-refractivity contribution >= 4 is 17.1 Å². The average Bonchev–Trinajstić information content (AvgIpc) is 2.46. The molecule has 0 fully saturated rings. The molecule has 0 saturated heterocycles. The molecule has 0 aliphatic carbocycles. The molecule has 1 nitrogen and oxygen atoms in total. The summed E-state index contributed by atoms with van der Waals surface area (Å²) in [7, 11) is 0. The van der Waals surface area contributed by atoms with Crippen molar-refractivity contribution in [3.05, 3.63) is 21.9 Å². The SMILES string of the molecule is Cc1ccsc1C(=O)CCC(F)(F)F. The molecule has 0 aliphatic rings. The van der Waals surface area contributed by atoms with E-state index in [9.17, 15) is 18.0 Å². The summed E-state index contributed by atoms with van der Waals surface area (Å²) in [5.74, 6) is -0.421. The summed E-state index contributed by atoms with van der Waals surface area (Å²) < 4.78 is 35.4. The van der Waals surface area contributed by atoms with Gasteiger partial charge in [-0.1, -0.05) is 0 Å². The minimum Gasteiger partial charge on any atom is -0.293 e. The van der Waals surface area contributed by atoms with Gasteiger partial charge in [0.2, 0.25) is 0 Å². The fourth-order valence-corrected chi connectivity index (χ4v) is 1.92. The van der Waals surface area contributed by atoms with Crippen LogP contribution in [0.25, 0.3) is 0 Å². The van der Waals surface area contributed by atoms with Crippen LogP contribution in [0.1, 0.15) is 28.1 Å². The van der Waals surface area contributed by atoms with Gasteiger partial charge in [0.25, 0.3) is 0 Å². The second-order valence-corrected chi connectivity index (χ2v) is 3.89. The number of aryl methyl sites for hydroxylation is 1. The maximum absolute atomic E-state index is 11.8. The van der Waals surface area contributed by atoms with E-state index in [1.54, 1.807) is 18.4 Å². The zero-order valence-corrected chi connectivity index (χ0v) is 8.34. The second-order valence-electron chi connectivity index (χ2n) is 2.97. The fourth-order valence-electron chi connectivity index (χ4n) is 1.03. The van der Waals surface area contributed by atoms with Gasteiger partial charge >= 0.3 is 6.18 Å². The largest absolute Gasteiger partial charge is 0.389 e. The molecule has 0 bridgehead atoms. The van der Waals surface area contributed by atoms with Crippen LogP contribution in [-0.4, -0.2) is 12.0 Å². The number of alkyl halides is 3. The van der Waals surface area contributed by atoms with Crippen molar-refractivity contribution in [3.8, 4) is 0 Å². The number of thiophene rings is 1. The normalized spacial score (nSPS) is 11.7. The van der Waals surface area contributed by atoms with Crippen LogP contribution in [-0.2, 0) is 0 Å². The molecule has 0 N–H and O–H groups in total. The Balaban J connectivity index is 2.56. The van der Waals surface area contributed by atoms with Crippen LogP contribution in [0.15, 0.2) is 11.4 Å². The lowest BCUT2D eigenvalue weighted by Crippen LogP contribution is -2.10. The van der Waals surface area contributed by atoms with E-state index in [0.29, 0.717) is 4.88 Å². The van der Waals surface area contributed by atoms with E-state index < -0.39 is 24.8 Å². The Bertz CT molecular complexity index is 327. The second kappa shape index (κ2) is 4.13. The van der Waals surface area contributed by atoms with Crippen molar-refractivity contribution in [2.45, 2.75) is 25.9 Å². The molecule has 0 radical (unpaired) electrons. The van der Waals surface area contributed by atoms with Crippen LogP contribution in [0, 0.1) is 6.92 Å². The summed E-state index contributed by atoms with van der Waals surface area (Å²) in [6.07, 6.45) is -5.74. The first-order valence-corrected chi connectivity index (χ1v) is 4.92. The molecule has 14 heavy (non-hydrogen) atoms. The zero-order valence-electron chi connectivity index (χ0n) is 7.52. The van der Waals surface area contributed by atoms with Crippen molar-refractivity contribution in [2.24, 2.45) is 0 Å². The number of carbonyl (C=O) groups excluding carboxylic acids is 1. The molecular formula is C9H9F3OS. The minimum atomic E-state index is -4.25. The molecule has 0 unspecified atom stereocenters. The molecule has 5 heteroatoms. The third-order valence-electron chi connectivity index (χ3n) is 1.75. The summed E-state index contributed by atoms with van der Waals surface area (Å²) in [5.41, 5.74) is 0.752.